The van der Waals surface area contributed by atoms with E-state index >= 15 is 0 Å². The maximum absolute atomic E-state index is 10.9. The van der Waals surface area contributed by atoms with E-state index < -0.39 is 5.97 Å². The molecule has 1 heterocycles. The van der Waals surface area contributed by atoms with Gasteiger partial charge in [-0.2, -0.15) is 0 Å². The Kier molecular flexibility index (Phi) is 6.94. The Hall–Kier alpha value is -2.79. The van der Waals surface area contributed by atoms with E-state index in [0.29, 0.717) is 26.2 Å². The third kappa shape index (κ3) is 5.18. The minimum atomic E-state index is -0.781. The lowest BCUT2D eigenvalue weighted by Crippen LogP contribution is -2.16. The van der Waals surface area contributed by atoms with Gasteiger partial charge in [-0.3, -0.25) is 4.79 Å². The van der Waals surface area contributed by atoms with E-state index in [1.807, 2.05) is 44.2 Å². The summed E-state index contributed by atoms with van der Waals surface area (Å²) in [7, 11) is 1.67. The molecule has 29 heavy (non-hydrogen) atoms. The number of aryl methyl sites for hydroxylation is 1. The quantitative estimate of drug-likeness (QED) is 0.707. The van der Waals surface area contributed by atoms with Crippen molar-refractivity contribution in [2.24, 2.45) is 0 Å². The molecule has 1 aliphatic rings. The van der Waals surface area contributed by atoms with E-state index in [4.69, 9.17) is 19.3 Å². The number of benzene rings is 2. The molecule has 5 heteroatoms. The summed E-state index contributed by atoms with van der Waals surface area (Å²) in [4.78, 5) is 10.9. The molecule has 0 saturated carbocycles. The minimum absolute atomic E-state index is 0.134. The van der Waals surface area contributed by atoms with Crippen LogP contribution in [0.2, 0.25) is 0 Å². The minimum Gasteiger partial charge on any atom is -0.497 e. The molecule has 0 spiro atoms. The van der Waals surface area contributed by atoms with Crippen molar-refractivity contribution in [3.8, 4) is 11.5 Å². The largest absolute Gasteiger partial charge is 0.497 e. The van der Waals surface area contributed by atoms with Crippen LogP contribution in [0.3, 0.4) is 0 Å². The maximum atomic E-state index is 10.9. The standard InChI is InChI=1S/C24H28O5/c1-16-17(2)23(9-7-18(16)8-10-24(25)26)29-15-20-14-28-12-11-22(20)19-5-4-6-21(13-19)27-3/h4-7,9,13H,8,10-12,14-15H2,1-3H3,(H,25,26). The first kappa shape index (κ1) is 20.9. The highest BCUT2D eigenvalue weighted by molar-refractivity contribution is 5.71. The van der Waals surface area contributed by atoms with Gasteiger partial charge in [0.1, 0.15) is 18.1 Å². The van der Waals surface area contributed by atoms with Crippen molar-refractivity contribution in [3.63, 3.8) is 0 Å². The third-order valence-electron chi connectivity index (χ3n) is 5.48. The van der Waals surface area contributed by atoms with Gasteiger partial charge in [0.15, 0.2) is 0 Å². The van der Waals surface area contributed by atoms with E-state index in [1.165, 1.54) is 5.57 Å². The van der Waals surface area contributed by atoms with Crippen LogP contribution in [0, 0.1) is 13.8 Å². The molecular formula is C24H28O5. The van der Waals surface area contributed by atoms with Crippen LogP contribution in [0.15, 0.2) is 42.0 Å². The van der Waals surface area contributed by atoms with Gasteiger partial charge in [-0.05, 0) is 78.3 Å². The Labute approximate surface area is 171 Å². The third-order valence-corrected chi connectivity index (χ3v) is 5.48. The van der Waals surface area contributed by atoms with Crippen LogP contribution in [0.5, 0.6) is 11.5 Å². The van der Waals surface area contributed by atoms with Crippen LogP contribution in [0.1, 0.15) is 35.1 Å². The van der Waals surface area contributed by atoms with Crippen LogP contribution < -0.4 is 9.47 Å². The molecule has 2 aromatic rings. The average Bonchev–Trinajstić information content (AvgIpc) is 2.74. The summed E-state index contributed by atoms with van der Waals surface area (Å²) in [6.07, 6.45) is 1.51. The first-order valence-electron chi connectivity index (χ1n) is 9.86. The summed E-state index contributed by atoms with van der Waals surface area (Å²) in [6.45, 7) is 5.75. The van der Waals surface area contributed by atoms with Crippen molar-refractivity contribution in [1.29, 1.82) is 0 Å². The summed E-state index contributed by atoms with van der Waals surface area (Å²) >= 11 is 0. The molecule has 1 N–H and O–H groups in total. The monoisotopic (exact) mass is 396 g/mol. The lowest BCUT2D eigenvalue weighted by atomic mass is 9.96. The summed E-state index contributed by atoms with van der Waals surface area (Å²) < 4.78 is 17.2. The molecule has 0 saturated heterocycles. The van der Waals surface area contributed by atoms with Gasteiger partial charge in [-0.25, -0.2) is 0 Å². The van der Waals surface area contributed by atoms with Crippen LogP contribution in [-0.2, 0) is 16.0 Å². The molecule has 0 radical (unpaired) electrons. The number of rotatable bonds is 8. The number of hydrogen-bond acceptors (Lipinski definition) is 4. The zero-order chi connectivity index (χ0) is 20.8. The van der Waals surface area contributed by atoms with Crippen molar-refractivity contribution in [2.45, 2.75) is 33.1 Å². The van der Waals surface area contributed by atoms with E-state index in [0.717, 1.165) is 45.7 Å². The first-order valence-corrected chi connectivity index (χ1v) is 9.86. The number of carboxylic acid groups (broad SMARTS) is 1. The van der Waals surface area contributed by atoms with Crippen molar-refractivity contribution >= 4 is 11.5 Å². The van der Waals surface area contributed by atoms with Crippen molar-refractivity contribution < 1.29 is 24.1 Å². The normalized spacial score (nSPS) is 14.0. The molecule has 1 aliphatic heterocycles. The molecule has 0 unspecified atom stereocenters. The van der Waals surface area contributed by atoms with E-state index in [1.54, 1.807) is 7.11 Å². The predicted octanol–water partition coefficient (Wildman–Crippen LogP) is 4.58. The van der Waals surface area contributed by atoms with Gasteiger partial charge in [-0.15, -0.1) is 0 Å². The fourth-order valence-electron chi connectivity index (χ4n) is 3.61. The summed E-state index contributed by atoms with van der Waals surface area (Å²) in [5.74, 6) is 0.881. The summed E-state index contributed by atoms with van der Waals surface area (Å²) in [5.41, 5.74) is 6.72. The first-order chi connectivity index (χ1) is 14.0. The lowest BCUT2D eigenvalue weighted by molar-refractivity contribution is -0.136. The number of aliphatic carboxylic acids is 1. The Morgan fingerprint density at radius 2 is 2.00 bits per heavy atom. The van der Waals surface area contributed by atoms with E-state index in [9.17, 15) is 4.79 Å². The van der Waals surface area contributed by atoms with Crippen LogP contribution in [0.4, 0.5) is 0 Å². The molecule has 5 nitrogen and oxygen atoms in total. The Morgan fingerprint density at radius 3 is 2.76 bits per heavy atom. The molecule has 3 rings (SSSR count). The lowest BCUT2D eigenvalue weighted by Gasteiger charge is -2.23. The second kappa shape index (κ2) is 9.61. The van der Waals surface area contributed by atoms with Gasteiger partial charge in [0.25, 0.3) is 0 Å². The van der Waals surface area contributed by atoms with Crippen molar-refractivity contribution in [2.75, 3.05) is 26.9 Å². The molecule has 154 valence electrons. The fraction of sp³-hybridized carbons (Fsp3) is 0.375. The van der Waals surface area contributed by atoms with Crippen molar-refractivity contribution in [3.05, 3.63) is 64.2 Å². The number of methoxy groups -OCH3 is 1. The Balaban J connectivity index is 1.78. The van der Waals surface area contributed by atoms with Gasteiger partial charge >= 0.3 is 5.97 Å². The maximum Gasteiger partial charge on any atom is 0.303 e. The van der Waals surface area contributed by atoms with Gasteiger partial charge in [0, 0.05) is 6.42 Å². The average molecular weight is 396 g/mol. The van der Waals surface area contributed by atoms with Crippen LogP contribution in [0.25, 0.3) is 5.57 Å². The molecule has 0 fully saturated rings. The number of hydrogen-bond donors (Lipinski definition) is 1. The topological polar surface area (TPSA) is 65.0 Å². The van der Waals surface area contributed by atoms with E-state index in [2.05, 4.69) is 6.07 Å². The van der Waals surface area contributed by atoms with Gasteiger partial charge in [-0.1, -0.05) is 18.2 Å². The number of ether oxygens (including phenoxy) is 3. The zero-order valence-electron chi connectivity index (χ0n) is 17.3. The molecular weight excluding hydrogens is 368 g/mol. The summed E-state index contributed by atoms with van der Waals surface area (Å²) in [6, 6.07) is 12.0. The van der Waals surface area contributed by atoms with Gasteiger partial charge in [0.2, 0.25) is 0 Å². The molecule has 0 aliphatic carbocycles. The van der Waals surface area contributed by atoms with Gasteiger partial charge in [0.05, 0.1) is 20.3 Å². The second-order valence-corrected chi connectivity index (χ2v) is 7.27. The fourth-order valence-corrected chi connectivity index (χ4v) is 3.61. The van der Waals surface area contributed by atoms with E-state index in [-0.39, 0.29) is 6.42 Å². The zero-order valence-corrected chi connectivity index (χ0v) is 17.3. The Morgan fingerprint density at radius 1 is 1.17 bits per heavy atom. The molecule has 0 atom stereocenters. The molecule has 0 amide bonds. The van der Waals surface area contributed by atoms with Crippen LogP contribution >= 0.6 is 0 Å². The van der Waals surface area contributed by atoms with Crippen LogP contribution in [-0.4, -0.2) is 38.0 Å². The highest BCUT2D eigenvalue weighted by Crippen LogP contribution is 2.30. The smallest absolute Gasteiger partial charge is 0.303 e. The highest BCUT2D eigenvalue weighted by atomic mass is 16.5. The SMILES string of the molecule is COc1cccc(C2=C(COc3ccc(CCC(=O)O)c(C)c3C)COCC2)c1. The number of carbonyl (C=O) groups is 1. The number of carboxylic acids is 1. The van der Waals surface area contributed by atoms with Gasteiger partial charge < -0.3 is 19.3 Å². The van der Waals surface area contributed by atoms with Crippen molar-refractivity contribution in [1.82, 2.24) is 0 Å². The summed E-state index contributed by atoms with van der Waals surface area (Å²) in [5, 5.41) is 8.92. The Bertz CT molecular complexity index is 913. The second-order valence-electron chi connectivity index (χ2n) is 7.27. The molecule has 0 aromatic heterocycles. The molecule has 0 bridgehead atoms. The molecule has 2 aromatic carbocycles. The predicted molar refractivity (Wildman–Crippen MR) is 113 cm³/mol. The highest BCUT2D eigenvalue weighted by Gasteiger charge is 2.17.